The Morgan fingerprint density at radius 3 is 2.11 bits per heavy atom. The van der Waals surface area contributed by atoms with Crippen LogP contribution in [0.5, 0.6) is 11.5 Å². The van der Waals surface area contributed by atoms with E-state index in [-0.39, 0.29) is 5.82 Å². The zero-order valence-corrected chi connectivity index (χ0v) is 31.0. The molecule has 6 heteroatoms. The van der Waals surface area contributed by atoms with Gasteiger partial charge in [-0.3, -0.25) is 4.57 Å². The number of rotatable bonds is 7. The zero-order valence-electron chi connectivity index (χ0n) is 31.0. The molecule has 0 spiro atoms. The Labute approximate surface area is 311 Å². The molecule has 0 saturated heterocycles. The van der Waals surface area contributed by atoms with Crippen LogP contribution in [0, 0.1) is 26.6 Å². The minimum atomic E-state index is -0.320. The van der Waals surface area contributed by atoms with Gasteiger partial charge in [0.1, 0.15) is 23.1 Å². The van der Waals surface area contributed by atoms with E-state index in [4.69, 9.17) is 9.84 Å². The van der Waals surface area contributed by atoms with Gasteiger partial charge < -0.3 is 4.74 Å². The number of nitrogens with zero attached hydrogens (tertiary/aromatic N) is 4. The second kappa shape index (κ2) is 14.0. The lowest BCUT2D eigenvalue weighted by Gasteiger charge is -2.26. The summed E-state index contributed by atoms with van der Waals surface area (Å²) in [4.78, 5) is 4.55. The van der Waals surface area contributed by atoms with Gasteiger partial charge in [0.25, 0.3) is 0 Å². The molecule has 3 heterocycles. The van der Waals surface area contributed by atoms with Crippen molar-refractivity contribution in [3.05, 3.63) is 131 Å². The summed E-state index contributed by atoms with van der Waals surface area (Å²) in [5.41, 5.74) is 12.1. The number of fused-ring (bicyclic) bond motifs is 3. The van der Waals surface area contributed by atoms with Gasteiger partial charge in [0, 0.05) is 52.6 Å². The van der Waals surface area contributed by atoms with E-state index in [0.29, 0.717) is 23.4 Å². The molecule has 53 heavy (non-hydrogen) atoms. The fourth-order valence-corrected chi connectivity index (χ4v) is 9.35. The molecule has 2 fully saturated rings. The summed E-state index contributed by atoms with van der Waals surface area (Å²) in [6, 6.07) is 30.5. The van der Waals surface area contributed by atoms with Crippen molar-refractivity contribution in [2.75, 3.05) is 0 Å². The summed E-state index contributed by atoms with van der Waals surface area (Å²) in [6.07, 6.45) is 14.0. The topological polar surface area (TPSA) is 44.9 Å². The third-order valence-corrected chi connectivity index (χ3v) is 11.8. The Morgan fingerprint density at radius 1 is 0.642 bits per heavy atom. The quantitative estimate of drug-likeness (QED) is 0.166. The lowest BCUT2D eigenvalue weighted by atomic mass is 9.79. The summed E-state index contributed by atoms with van der Waals surface area (Å²) in [6.45, 7) is 6.69. The number of aromatic nitrogens is 4. The number of halogens is 1. The molecule has 0 radical (unpaired) electrons. The first-order valence-electron chi connectivity index (χ1n) is 19.6. The molecule has 0 atom stereocenters. The highest BCUT2D eigenvalue weighted by molar-refractivity contribution is 6.09. The van der Waals surface area contributed by atoms with Crippen LogP contribution < -0.4 is 4.74 Å². The Morgan fingerprint density at radius 2 is 1.36 bits per heavy atom. The van der Waals surface area contributed by atoms with Gasteiger partial charge in [-0.15, -0.1) is 0 Å². The summed E-state index contributed by atoms with van der Waals surface area (Å²) in [7, 11) is 0. The van der Waals surface area contributed by atoms with E-state index in [1.54, 1.807) is 0 Å². The first-order chi connectivity index (χ1) is 25.9. The van der Waals surface area contributed by atoms with Crippen molar-refractivity contribution in [1.29, 1.82) is 0 Å². The van der Waals surface area contributed by atoms with Gasteiger partial charge in [-0.1, -0.05) is 74.9 Å². The molecular weight excluding hydrogens is 656 g/mol. The fourth-order valence-electron chi connectivity index (χ4n) is 9.35. The molecule has 2 aliphatic rings. The lowest BCUT2D eigenvalue weighted by Crippen LogP contribution is -2.12. The van der Waals surface area contributed by atoms with Crippen LogP contribution in [-0.2, 0) is 0 Å². The molecular formula is C47H47FN4O. The van der Waals surface area contributed by atoms with E-state index in [0.717, 1.165) is 38.8 Å². The van der Waals surface area contributed by atoms with Crippen LogP contribution in [0.3, 0.4) is 0 Å². The molecule has 4 aromatic carbocycles. The number of para-hydroxylation sites is 1. The van der Waals surface area contributed by atoms with Crippen molar-refractivity contribution < 1.29 is 9.13 Å². The van der Waals surface area contributed by atoms with E-state index in [9.17, 15) is 4.39 Å². The molecule has 0 amide bonds. The summed E-state index contributed by atoms with van der Waals surface area (Å²) >= 11 is 0. The Bertz CT molecular complexity index is 2440. The van der Waals surface area contributed by atoms with Crippen molar-refractivity contribution in [1.82, 2.24) is 19.3 Å². The van der Waals surface area contributed by atoms with E-state index >= 15 is 0 Å². The van der Waals surface area contributed by atoms with Crippen molar-refractivity contribution >= 4 is 21.8 Å². The first kappa shape index (κ1) is 33.6. The van der Waals surface area contributed by atoms with Gasteiger partial charge in [-0.25, -0.2) is 14.1 Å². The molecule has 5 nitrogen and oxygen atoms in total. The number of hydrogen-bond donors (Lipinski definition) is 0. The van der Waals surface area contributed by atoms with E-state index in [1.807, 2.05) is 28.8 Å². The highest BCUT2D eigenvalue weighted by atomic mass is 19.1. The number of aryl methyl sites for hydroxylation is 3. The monoisotopic (exact) mass is 702 g/mol. The van der Waals surface area contributed by atoms with Gasteiger partial charge in [-0.05, 0) is 105 Å². The lowest BCUT2D eigenvalue weighted by molar-refractivity contribution is 0.428. The molecule has 9 rings (SSSR count). The highest BCUT2D eigenvalue weighted by Crippen LogP contribution is 2.47. The minimum absolute atomic E-state index is 0.320. The molecule has 2 aliphatic carbocycles. The number of ether oxygens (including phenoxy) is 1. The number of benzene rings is 4. The van der Waals surface area contributed by atoms with Crippen molar-refractivity contribution in [2.24, 2.45) is 0 Å². The Kier molecular flexibility index (Phi) is 8.85. The third kappa shape index (κ3) is 6.22. The predicted molar refractivity (Wildman–Crippen MR) is 213 cm³/mol. The van der Waals surface area contributed by atoms with E-state index in [2.05, 4.69) is 85.0 Å². The number of hydrogen-bond acceptors (Lipinski definition) is 3. The van der Waals surface area contributed by atoms with Gasteiger partial charge in [0.2, 0.25) is 0 Å². The van der Waals surface area contributed by atoms with Crippen LogP contribution in [0.2, 0.25) is 0 Å². The zero-order chi connectivity index (χ0) is 36.1. The average molecular weight is 703 g/mol. The maximum atomic E-state index is 14.5. The largest absolute Gasteiger partial charge is 0.457 e. The first-order valence-corrected chi connectivity index (χ1v) is 19.6. The van der Waals surface area contributed by atoms with Gasteiger partial charge in [0.05, 0.1) is 28.1 Å². The van der Waals surface area contributed by atoms with Crippen LogP contribution >= 0.6 is 0 Å². The van der Waals surface area contributed by atoms with Gasteiger partial charge >= 0.3 is 0 Å². The van der Waals surface area contributed by atoms with Crippen molar-refractivity contribution in [3.63, 3.8) is 0 Å². The second-order valence-corrected chi connectivity index (χ2v) is 15.5. The molecule has 0 bridgehead atoms. The molecule has 0 aliphatic heterocycles. The molecule has 0 N–H and O–H groups in total. The molecule has 7 aromatic rings. The molecule has 0 unspecified atom stereocenters. The van der Waals surface area contributed by atoms with Crippen molar-refractivity contribution in [2.45, 2.75) is 96.8 Å². The predicted octanol–water partition coefficient (Wildman–Crippen LogP) is 13.0. The fraction of sp³-hybridized carbons (Fsp3) is 0.319. The summed E-state index contributed by atoms with van der Waals surface area (Å²) < 4.78 is 25.6. The van der Waals surface area contributed by atoms with Crippen LogP contribution in [0.1, 0.15) is 104 Å². The Balaban J connectivity index is 1.19. The standard InChI is InChI=1S/C47H47FN4O/c1-30-25-36(28-38(26-30)53-37-21-22-40-39-19-10-11-20-41(39)51(42(40)29-37)43-27-35(48)23-24-49-43)52-47(34-17-8-5-9-18-34)45(44-31(2)13-12-14-32(44)3)46(50-52)33-15-6-4-7-16-33/h10-14,19-29,33-34H,4-9,15-18H2,1-3H3. The smallest absolute Gasteiger partial charge is 0.140 e. The summed E-state index contributed by atoms with van der Waals surface area (Å²) in [5, 5.41) is 7.81. The van der Waals surface area contributed by atoms with E-state index < -0.39 is 0 Å². The van der Waals surface area contributed by atoms with Crippen LogP contribution in [-0.4, -0.2) is 19.3 Å². The average Bonchev–Trinajstić information content (AvgIpc) is 3.72. The molecule has 268 valence electrons. The van der Waals surface area contributed by atoms with Crippen LogP contribution in [0.15, 0.2) is 97.2 Å². The molecule has 2 saturated carbocycles. The number of pyridine rings is 1. The maximum absolute atomic E-state index is 14.5. The van der Waals surface area contributed by atoms with Gasteiger partial charge in [-0.2, -0.15) is 5.10 Å². The second-order valence-electron chi connectivity index (χ2n) is 15.5. The SMILES string of the molecule is Cc1cc(Oc2ccc3c4ccccc4n(-c4cc(F)ccn4)c3c2)cc(-n2nc(C3CCCCC3)c(-c3c(C)cccc3C)c2C2CCCCC2)c1. The van der Waals surface area contributed by atoms with Crippen LogP contribution in [0.25, 0.3) is 44.4 Å². The third-order valence-electron chi connectivity index (χ3n) is 11.8. The van der Waals surface area contributed by atoms with Crippen molar-refractivity contribution in [3.8, 4) is 34.1 Å². The normalized spacial score (nSPS) is 15.8. The summed E-state index contributed by atoms with van der Waals surface area (Å²) in [5.74, 6) is 2.61. The highest BCUT2D eigenvalue weighted by Gasteiger charge is 2.33. The van der Waals surface area contributed by atoms with Gasteiger partial charge in [0.15, 0.2) is 0 Å². The van der Waals surface area contributed by atoms with E-state index in [1.165, 1.54) is 116 Å². The minimum Gasteiger partial charge on any atom is -0.457 e. The molecule has 3 aromatic heterocycles. The maximum Gasteiger partial charge on any atom is 0.140 e. The Hall–Kier alpha value is -5.23. The van der Waals surface area contributed by atoms with Crippen LogP contribution in [0.4, 0.5) is 4.39 Å².